The van der Waals surface area contributed by atoms with Crippen molar-refractivity contribution in [2.75, 3.05) is 24.6 Å². The number of aryl methyl sites for hydroxylation is 1. The summed E-state index contributed by atoms with van der Waals surface area (Å²) in [6.45, 7) is 9.08. The highest BCUT2D eigenvalue weighted by Gasteiger charge is 2.25. The third-order valence-corrected chi connectivity index (χ3v) is 3.33. The van der Waals surface area contributed by atoms with Crippen molar-refractivity contribution in [3.8, 4) is 17.1 Å². The van der Waals surface area contributed by atoms with Crippen molar-refractivity contribution in [3.05, 3.63) is 17.7 Å². The van der Waals surface area contributed by atoms with Gasteiger partial charge in [-0.1, -0.05) is 13.8 Å². The van der Waals surface area contributed by atoms with Crippen LogP contribution in [0.4, 0.5) is 5.69 Å². The third kappa shape index (κ3) is 2.33. The Balaban J connectivity index is 2.12. The highest BCUT2D eigenvalue weighted by Crippen LogP contribution is 2.40. The van der Waals surface area contributed by atoms with E-state index in [1.165, 1.54) is 0 Å². The highest BCUT2D eigenvalue weighted by molar-refractivity contribution is 5.81. The van der Waals surface area contributed by atoms with Crippen LogP contribution in [0.1, 0.15) is 19.4 Å². The largest absolute Gasteiger partial charge is 0.490 e. The first-order valence-corrected chi connectivity index (χ1v) is 6.91. The molecule has 0 atom stereocenters. The lowest BCUT2D eigenvalue weighted by Gasteiger charge is -2.34. The van der Waals surface area contributed by atoms with Gasteiger partial charge in [-0.25, -0.2) is 0 Å². The van der Waals surface area contributed by atoms with Gasteiger partial charge in [-0.15, -0.1) is 10.2 Å². The van der Waals surface area contributed by atoms with Crippen LogP contribution in [0.15, 0.2) is 12.1 Å². The molecule has 0 saturated heterocycles. The number of benzene rings is 1. The molecule has 2 heterocycles. The first-order valence-electron chi connectivity index (χ1n) is 6.91. The van der Waals surface area contributed by atoms with Crippen LogP contribution in [0, 0.1) is 12.8 Å². The molecule has 1 N–H and O–H groups in total. The average Bonchev–Trinajstić information content (AvgIpc) is 2.90. The molecule has 3 rings (SSSR count). The normalized spacial score (nSPS) is 14.3. The number of ether oxygens (including phenoxy) is 1. The number of H-pyrrole nitrogens is 1. The van der Waals surface area contributed by atoms with Gasteiger partial charge in [0.15, 0.2) is 0 Å². The minimum absolute atomic E-state index is 0.584. The van der Waals surface area contributed by atoms with Gasteiger partial charge < -0.3 is 9.64 Å². The molecule has 6 nitrogen and oxygen atoms in total. The first-order chi connectivity index (χ1) is 9.65. The zero-order chi connectivity index (χ0) is 14.1. The number of aromatic nitrogens is 4. The molecule has 0 saturated carbocycles. The second-order valence-electron chi connectivity index (χ2n) is 5.58. The average molecular weight is 273 g/mol. The molecular formula is C14H19N5O. The van der Waals surface area contributed by atoms with E-state index in [4.69, 9.17) is 4.74 Å². The van der Waals surface area contributed by atoms with E-state index >= 15 is 0 Å². The molecule has 0 amide bonds. The van der Waals surface area contributed by atoms with E-state index in [9.17, 15) is 0 Å². The van der Waals surface area contributed by atoms with Gasteiger partial charge in [-0.2, -0.15) is 5.21 Å². The summed E-state index contributed by atoms with van der Waals surface area (Å²) in [5, 5.41) is 14.4. The van der Waals surface area contributed by atoms with Crippen molar-refractivity contribution in [3.63, 3.8) is 0 Å². The van der Waals surface area contributed by atoms with Gasteiger partial charge >= 0.3 is 0 Å². The standard InChI is InChI=1S/C14H19N5O/c1-9(2)8-19-4-5-20-12-7-10(3)6-11(13(12)19)14-15-17-18-16-14/h6-7,9H,4-5,8H2,1-3H3,(H,15,16,17,18). The molecule has 1 aromatic heterocycles. The molecule has 1 aromatic carbocycles. The van der Waals surface area contributed by atoms with Crippen LogP contribution in [0.5, 0.6) is 5.75 Å². The van der Waals surface area contributed by atoms with Crippen LogP contribution in [-0.4, -0.2) is 40.3 Å². The Kier molecular flexibility index (Phi) is 3.30. The number of anilines is 1. The zero-order valence-electron chi connectivity index (χ0n) is 12.1. The van der Waals surface area contributed by atoms with Crippen LogP contribution >= 0.6 is 0 Å². The second-order valence-corrected chi connectivity index (χ2v) is 5.58. The van der Waals surface area contributed by atoms with Crippen molar-refractivity contribution in [1.82, 2.24) is 20.6 Å². The summed E-state index contributed by atoms with van der Waals surface area (Å²) in [5.74, 6) is 2.11. The number of hydrogen-bond donors (Lipinski definition) is 1. The van der Waals surface area contributed by atoms with Crippen LogP contribution < -0.4 is 9.64 Å². The van der Waals surface area contributed by atoms with Crippen molar-refractivity contribution in [1.29, 1.82) is 0 Å². The molecule has 1 aliphatic rings. The lowest BCUT2D eigenvalue weighted by Crippen LogP contribution is -2.36. The Morgan fingerprint density at radius 2 is 2.25 bits per heavy atom. The maximum absolute atomic E-state index is 5.83. The summed E-state index contributed by atoms with van der Waals surface area (Å²) >= 11 is 0. The number of fused-ring (bicyclic) bond motifs is 1. The van der Waals surface area contributed by atoms with E-state index in [-0.39, 0.29) is 0 Å². The van der Waals surface area contributed by atoms with Crippen LogP contribution in [0.25, 0.3) is 11.4 Å². The monoisotopic (exact) mass is 273 g/mol. The van der Waals surface area contributed by atoms with Gasteiger partial charge in [-0.3, -0.25) is 0 Å². The van der Waals surface area contributed by atoms with Crippen molar-refractivity contribution < 1.29 is 4.74 Å². The summed E-state index contributed by atoms with van der Waals surface area (Å²) in [5.41, 5.74) is 3.20. The number of tetrazole rings is 1. The number of nitrogens with zero attached hydrogens (tertiary/aromatic N) is 4. The molecular weight excluding hydrogens is 254 g/mol. The fraction of sp³-hybridized carbons (Fsp3) is 0.500. The van der Waals surface area contributed by atoms with Crippen LogP contribution in [0.2, 0.25) is 0 Å². The summed E-state index contributed by atoms with van der Waals surface area (Å²) in [6, 6.07) is 4.16. The molecule has 0 unspecified atom stereocenters. The molecule has 1 aliphatic heterocycles. The van der Waals surface area contributed by atoms with Gasteiger partial charge in [0.1, 0.15) is 12.4 Å². The van der Waals surface area contributed by atoms with Crippen LogP contribution in [0.3, 0.4) is 0 Å². The summed E-state index contributed by atoms with van der Waals surface area (Å²) in [4.78, 5) is 2.36. The fourth-order valence-electron chi connectivity index (χ4n) is 2.63. The molecule has 2 aromatic rings. The Hall–Kier alpha value is -2.11. The first kappa shape index (κ1) is 12.9. The predicted molar refractivity (Wildman–Crippen MR) is 76.9 cm³/mol. The van der Waals surface area contributed by atoms with E-state index < -0.39 is 0 Å². The molecule has 0 bridgehead atoms. The van der Waals surface area contributed by atoms with E-state index in [2.05, 4.69) is 58.4 Å². The molecule has 106 valence electrons. The van der Waals surface area contributed by atoms with E-state index in [0.29, 0.717) is 11.7 Å². The summed E-state index contributed by atoms with van der Waals surface area (Å²) in [7, 11) is 0. The van der Waals surface area contributed by atoms with Gasteiger partial charge in [0.2, 0.25) is 5.82 Å². The number of hydrogen-bond acceptors (Lipinski definition) is 5. The third-order valence-electron chi connectivity index (χ3n) is 3.33. The van der Waals surface area contributed by atoms with Crippen LogP contribution in [-0.2, 0) is 0 Å². The fourth-order valence-corrected chi connectivity index (χ4v) is 2.63. The zero-order valence-corrected chi connectivity index (χ0v) is 12.1. The van der Waals surface area contributed by atoms with E-state index in [1.54, 1.807) is 0 Å². The number of rotatable bonds is 3. The van der Waals surface area contributed by atoms with Crippen molar-refractivity contribution in [2.45, 2.75) is 20.8 Å². The summed E-state index contributed by atoms with van der Waals surface area (Å²) in [6.07, 6.45) is 0. The molecule has 20 heavy (non-hydrogen) atoms. The molecule has 0 spiro atoms. The van der Waals surface area contributed by atoms with Gasteiger partial charge in [0, 0.05) is 6.54 Å². The molecule has 0 fully saturated rings. The molecule has 6 heteroatoms. The molecule has 0 radical (unpaired) electrons. The smallest absolute Gasteiger partial charge is 0.206 e. The highest BCUT2D eigenvalue weighted by atomic mass is 16.5. The Morgan fingerprint density at radius 3 is 2.95 bits per heavy atom. The van der Waals surface area contributed by atoms with Gasteiger partial charge in [-0.05, 0) is 35.8 Å². The molecule has 0 aliphatic carbocycles. The number of nitrogens with one attached hydrogen (secondary N) is 1. The number of aromatic amines is 1. The second kappa shape index (κ2) is 5.11. The van der Waals surface area contributed by atoms with E-state index in [0.717, 1.165) is 42.3 Å². The topological polar surface area (TPSA) is 66.9 Å². The summed E-state index contributed by atoms with van der Waals surface area (Å²) < 4.78 is 5.83. The van der Waals surface area contributed by atoms with Crippen molar-refractivity contribution >= 4 is 5.69 Å². The van der Waals surface area contributed by atoms with Gasteiger partial charge in [0.05, 0.1) is 17.8 Å². The minimum Gasteiger partial charge on any atom is -0.490 e. The Labute approximate surface area is 118 Å². The maximum Gasteiger partial charge on any atom is 0.206 e. The lowest BCUT2D eigenvalue weighted by atomic mass is 10.0. The SMILES string of the molecule is Cc1cc2c(c(-c3nn[nH]n3)c1)N(CC(C)C)CCO2. The maximum atomic E-state index is 5.83. The minimum atomic E-state index is 0.584. The Morgan fingerprint density at radius 1 is 1.40 bits per heavy atom. The predicted octanol–water partition coefficient (Wildman–Crippen LogP) is 2.03. The quantitative estimate of drug-likeness (QED) is 0.926. The lowest BCUT2D eigenvalue weighted by molar-refractivity contribution is 0.304. The van der Waals surface area contributed by atoms with Gasteiger partial charge in [0.25, 0.3) is 0 Å². The Bertz CT molecular complexity index is 594. The van der Waals surface area contributed by atoms with E-state index in [1.807, 2.05) is 0 Å². The van der Waals surface area contributed by atoms with Crippen molar-refractivity contribution in [2.24, 2.45) is 5.92 Å².